The normalized spacial score (nSPS) is 10.3. The summed E-state index contributed by atoms with van der Waals surface area (Å²) in [5.41, 5.74) is -0.116. The molecule has 3 nitrogen and oxygen atoms in total. The Labute approximate surface area is 99.9 Å². The molecule has 0 aliphatic carbocycles. The van der Waals surface area contributed by atoms with Crippen molar-refractivity contribution in [2.45, 2.75) is 0 Å². The van der Waals surface area contributed by atoms with E-state index in [4.69, 9.17) is 4.74 Å². The van der Waals surface area contributed by atoms with Crippen LogP contribution in [0.1, 0.15) is 10.4 Å². The van der Waals surface area contributed by atoms with Crippen LogP contribution in [0.25, 0.3) is 0 Å². The highest BCUT2D eigenvalue weighted by Crippen LogP contribution is 2.31. The third kappa shape index (κ3) is 2.38. The average Bonchev–Trinajstić information content (AvgIpc) is 2.26. The van der Waals surface area contributed by atoms with Crippen molar-refractivity contribution in [2.75, 3.05) is 20.7 Å². The molecule has 0 heterocycles. The van der Waals surface area contributed by atoms with E-state index in [-0.39, 0.29) is 22.3 Å². The van der Waals surface area contributed by atoms with Gasteiger partial charge < -0.3 is 10.1 Å². The second-order valence-electron chi connectivity index (χ2n) is 3.02. The van der Waals surface area contributed by atoms with E-state index >= 15 is 0 Å². The van der Waals surface area contributed by atoms with Gasteiger partial charge in [-0.25, -0.2) is 8.78 Å². The molecule has 6 heteroatoms. The lowest BCUT2D eigenvalue weighted by molar-refractivity contribution is 0.0989. The van der Waals surface area contributed by atoms with Gasteiger partial charge in [-0.05, 0) is 29.0 Å². The number of hydrogen-bond donors (Lipinski definition) is 1. The summed E-state index contributed by atoms with van der Waals surface area (Å²) in [6.07, 6.45) is 0. The van der Waals surface area contributed by atoms with Crippen LogP contribution in [-0.4, -0.2) is 26.5 Å². The summed E-state index contributed by atoms with van der Waals surface area (Å²) in [4.78, 5) is 11.5. The summed E-state index contributed by atoms with van der Waals surface area (Å²) >= 11 is 2.74. The van der Waals surface area contributed by atoms with Gasteiger partial charge in [0.25, 0.3) is 0 Å². The minimum Gasteiger partial charge on any atom is -0.493 e. The fourth-order valence-corrected chi connectivity index (χ4v) is 1.54. The van der Waals surface area contributed by atoms with Crippen LogP contribution in [0.3, 0.4) is 0 Å². The Hall–Kier alpha value is -1.01. The monoisotopic (exact) mass is 293 g/mol. The van der Waals surface area contributed by atoms with Crippen molar-refractivity contribution < 1.29 is 18.3 Å². The summed E-state index contributed by atoms with van der Waals surface area (Å²) in [6.45, 7) is -0.0170. The number of hydrogen-bond acceptors (Lipinski definition) is 3. The van der Waals surface area contributed by atoms with Gasteiger partial charge in [0.15, 0.2) is 17.3 Å². The van der Waals surface area contributed by atoms with E-state index in [2.05, 4.69) is 21.2 Å². The van der Waals surface area contributed by atoms with Crippen LogP contribution in [-0.2, 0) is 0 Å². The van der Waals surface area contributed by atoms with Crippen molar-refractivity contribution in [3.05, 3.63) is 27.7 Å². The Balaban J connectivity index is 3.33. The molecule has 0 spiro atoms. The Morgan fingerprint density at radius 1 is 1.56 bits per heavy atom. The smallest absolute Gasteiger partial charge is 0.182 e. The van der Waals surface area contributed by atoms with Gasteiger partial charge >= 0.3 is 0 Å². The molecule has 0 saturated heterocycles. The maximum atomic E-state index is 13.5. The molecular weight excluding hydrogens is 284 g/mol. The van der Waals surface area contributed by atoms with Crippen LogP contribution >= 0.6 is 15.9 Å². The molecule has 0 amide bonds. The minimum atomic E-state index is -0.915. The molecular formula is C10H10BrF2NO2. The molecule has 0 aliphatic heterocycles. The molecule has 1 aromatic rings. The lowest BCUT2D eigenvalue weighted by atomic mass is 10.1. The largest absolute Gasteiger partial charge is 0.493 e. The molecule has 0 unspecified atom stereocenters. The van der Waals surface area contributed by atoms with Gasteiger partial charge in [-0.3, -0.25) is 4.79 Å². The highest BCUT2D eigenvalue weighted by Gasteiger charge is 2.21. The number of halogens is 3. The third-order valence-corrected chi connectivity index (χ3v) is 2.69. The highest BCUT2D eigenvalue weighted by atomic mass is 79.9. The molecule has 0 aliphatic rings. The number of ketones is 1. The second-order valence-corrected chi connectivity index (χ2v) is 3.81. The molecule has 1 N–H and O–H groups in total. The Morgan fingerprint density at radius 3 is 2.69 bits per heavy atom. The maximum absolute atomic E-state index is 13.5. The number of carbonyl (C=O) groups excluding carboxylic acids is 1. The summed E-state index contributed by atoms with van der Waals surface area (Å²) in [6, 6.07) is 0.950. The van der Waals surface area contributed by atoms with Gasteiger partial charge in [-0.15, -0.1) is 0 Å². The summed E-state index contributed by atoms with van der Waals surface area (Å²) < 4.78 is 31.2. The Kier molecular flexibility index (Phi) is 4.37. The van der Waals surface area contributed by atoms with Crippen LogP contribution in [0.2, 0.25) is 0 Å². The molecule has 0 radical (unpaired) electrons. The molecule has 0 fully saturated rings. The topological polar surface area (TPSA) is 38.3 Å². The lowest BCUT2D eigenvalue weighted by Gasteiger charge is -2.10. The minimum absolute atomic E-state index is 0.0170. The molecule has 16 heavy (non-hydrogen) atoms. The SMILES string of the molecule is CNCC(=O)c1cc(F)c(Br)c(F)c1OC. The Bertz CT molecular complexity index is 424. The van der Waals surface area contributed by atoms with Crippen LogP contribution < -0.4 is 10.1 Å². The van der Waals surface area contributed by atoms with Gasteiger partial charge in [-0.2, -0.15) is 0 Å². The van der Waals surface area contributed by atoms with Gasteiger partial charge in [0.05, 0.1) is 23.7 Å². The zero-order valence-electron chi connectivity index (χ0n) is 8.73. The van der Waals surface area contributed by atoms with Crippen molar-refractivity contribution in [3.8, 4) is 5.75 Å². The molecule has 1 aromatic carbocycles. The molecule has 0 atom stereocenters. The van der Waals surface area contributed by atoms with Crippen LogP contribution in [0.15, 0.2) is 10.5 Å². The van der Waals surface area contributed by atoms with E-state index in [1.807, 2.05) is 0 Å². The van der Waals surface area contributed by atoms with Crippen LogP contribution in [0, 0.1) is 11.6 Å². The standard InChI is InChI=1S/C10H10BrF2NO2/c1-14-4-7(15)5-3-6(12)8(11)9(13)10(5)16-2/h3,14H,4H2,1-2H3. The number of nitrogens with one attached hydrogen (secondary N) is 1. The van der Waals surface area contributed by atoms with Crippen molar-refractivity contribution >= 4 is 21.7 Å². The van der Waals surface area contributed by atoms with Crippen molar-refractivity contribution in [1.29, 1.82) is 0 Å². The predicted molar refractivity (Wildman–Crippen MR) is 58.9 cm³/mol. The summed E-state index contributed by atoms with van der Waals surface area (Å²) in [5.74, 6) is -2.45. The van der Waals surface area contributed by atoms with Gasteiger partial charge in [0.2, 0.25) is 0 Å². The van der Waals surface area contributed by atoms with E-state index in [1.54, 1.807) is 7.05 Å². The van der Waals surface area contributed by atoms with E-state index in [0.717, 1.165) is 6.07 Å². The highest BCUT2D eigenvalue weighted by molar-refractivity contribution is 9.10. The zero-order valence-corrected chi connectivity index (χ0v) is 10.3. The number of benzene rings is 1. The number of ether oxygens (including phenoxy) is 1. The van der Waals surface area contributed by atoms with Crippen molar-refractivity contribution in [3.63, 3.8) is 0 Å². The second kappa shape index (κ2) is 5.36. The summed E-state index contributed by atoms with van der Waals surface area (Å²) in [7, 11) is 2.79. The van der Waals surface area contributed by atoms with Crippen molar-refractivity contribution in [1.82, 2.24) is 5.32 Å². The molecule has 88 valence electrons. The number of Topliss-reactive ketones (excluding diaryl/α,β-unsaturated/α-hetero) is 1. The lowest BCUT2D eigenvalue weighted by Crippen LogP contribution is -2.19. The fraction of sp³-hybridized carbons (Fsp3) is 0.300. The van der Waals surface area contributed by atoms with Crippen LogP contribution in [0.5, 0.6) is 5.75 Å². The molecule has 1 rings (SSSR count). The van der Waals surface area contributed by atoms with Gasteiger partial charge in [0, 0.05) is 0 Å². The fourth-order valence-electron chi connectivity index (χ4n) is 1.24. The van der Waals surface area contributed by atoms with Crippen molar-refractivity contribution in [2.24, 2.45) is 0 Å². The first-order valence-corrected chi connectivity index (χ1v) is 5.21. The van der Waals surface area contributed by atoms with E-state index in [0.29, 0.717) is 0 Å². The first kappa shape index (κ1) is 13.1. The van der Waals surface area contributed by atoms with E-state index in [9.17, 15) is 13.6 Å². The first-order valence-electron chi connectivity index (χ1n) is 4.42. The van der Waals surface area contributed by atoms with E-state index in [1.165, 1.54) is 7.11 Å². The quantitative estimate of drug-likeness (QED) is 0.683. The Morgan fingerprint density at radius 2 is 2.19 bits per heavy atom. The van der Waals surface area contributed by atoms with E-state index < -0.39 is 17.4 Å². The molecule has 0 saturated carbocycles. The van der Waals surface area contributed by atoms with Gasteiger partial charge in [-0.1, -0.05) is 0 Å². The van der Waals surface area contributed by atoms with Gasteiger partial charge in [0.1, 0.15) is 5.82 Å². The number of carbonyl (C=O) groups is 1. The number of methoxy groups -OCH3 is 1. The average molecular weight is 294 g/mol. The summed E-state index contributed by atoms with van der Waals surface area (Å²) in [5, 5.41) is 2.61. The third-order valence-electron chi connectivity index (χ3n) is 1.96. The van der Waals surface area contributed by atoms with Crippen LogP contribution in [0.4, 0.5) is 8.78 Å². The molecule has 0 aromatic heterocycles. The number of rotatable bonds is 4. The molecule has 0 bridgehead atoms. The number of likely N-dealkylation sites (N-methyl/N-ethyl adjacent to an activating group) is 1. The predicted octanol–water partition coefficient (Wildman–Crippen LogP) is 2.14. The zero-order chi connectivity index (χ0) is 12.3. The maximum Gasteiger partial charge on any atom is 0.182 e. The first-order chi connectivity index (χ1) is 7.52.